The number of hydrogen-bond acceptors (Lipinski definition) is 6. The van der Waals surface area contributed by atoms with Crippen molar-refractivity contribution in [1.82, 2.24) is 19.4 Å². The highest BCUT2D eigenvalue weighted by molar-refractivity contribution is 7.05. The summed E-state index contributed by atoms with van der Waals surface area (Å²) < 4.78 is 16.8. The molecule has 6 nitrogen and oxygen atoms in total. The number of benzene rings is 1. The maximum absolute atomic E-state index is 5.33. The monoisotopic (exact) mass is 330 g/mol. The smallest absolute Gasteiger partial charge is 0.161 e. The zero-order valence-electron chi connectivity index (χ0n) is 13.5. The lowest BCUT2D eigenvalue weighted by atomic mass is 10.1. The zero-order chi connectivity index (χ0) is 16.4. The number of rotatable bonds is 5. The molecule has 0 radical (unpaired) electrons. The topological polar surface area (TPSA) is 62.1 Å². The van der Waals surface area contributed by atoms with E-state index in [0.29, 0.717) is 18.0 Å². The van der Waals surface area contributed by atoms with Gasteiger partial charge in [-0.2, -0.15) is 4.37 Å². The van der Waals surface area contributed by atoms with Gasteiger partial charge in [-0.25, -0.2) is 4.68 Å². The molecule has 0 amide bonds. The van der Waals surface area contributed by atoms with Crippen molar-refractivity contribution in [2.24, 2.45) is 0 Å². The van der Waals surface area contributed by atoms with Crippen LogP contribution in [0.3, 0.4) is 0 Å². The van der Waals surface area contributed by atoms with Crippen LogP contribution in [0, 0.1) is 13.8 Å². The molecule has 0 saturated carbocycles. The summed E-state index contributed by atoms with van der Waals surface area (Å²) in [4.78, 5) is 1.21. The molecular formula is C16H18N4O2S. The summed E-state index contributed by atoms with van der Waals surface area (Å²) in [6.07, 6.45) is 1.93. The second-order valence-corrected chi connectivity index (χ2v) is 6.15. The van der Waals surface area contributed by atoms with Gasteiger partial charge in [-0.05, 0) is 43.6 Å². The molecule has 0 aliphatic rings. The van der Waals surface area contributed by atoms with Crippen molar-refractivity contribution in [1.29, 1.82) is 0 Å². The molecule has 3 rings (SSSR count). The van der Waals surface area contributed by atoms with Crippen molar-refractivity contribution in [2.45, 2.75) is 20.4 Å². The third-order valence-electron chi connectivity index (χ3n) is 3.72. The van der Waals surface area contributed by atoms with E-state index in [1.807, 2.05) is 36.0 Å². The van der Waals surface area contributed by atoms with E-state index >= 15 is 0 Å². The number of hydrogen-bond donors (Lipinski definition) is 0. The summed E-state index contributed by atoms with van der Waals surface area (Å²) in [5.74, 6) is 1.37. The lowest BCUT2D eigenvalue weighted by Crippen LogP contribution is -2.02. The van der Waals surface area contributed by atoms with Crippen molar-refractivity contribution >= 4 is 11.5 Å². The fraction of sp³-hybridized carbons (Fsp3) is 0.312. The fourth-order valence-electron chi connectivity index (χ4n) is 2.39. The summed E-state index contributed by atoms with van der Waals surface area (Å²) in [5.41, 5.74) is 3.99. The molecule has 0 N–H and O–H groups in total. The summed E-state index contributed by atoms with van der Waals surface area (Å²) in [6.45, 7) is 4.77. The van der Waals surface area contributed by atoms with E-state index in [9.17, 15) is 0 Å². The average Bonchev–Trinajstić information content (AvgIpc) is 3.16. The van der Waals surface area contributed by atoms with Gasteiger partial charge < -0.3 is 9.47 Å². The number of aromatic nitrogens is 4. The van der Waals surface area contributed by atoms with Crippen molar-refractivity contribution in [3.05, 3.63) is 40.5 Å². The fourth-order valence-corrected chi connectivity index (χ4v) is 3.10. The third kappa shape index (κ3) is 3.05. The van der Waals surface area contributed by atoms with E-state index in [4.69, 9.17) is 9.47 Å². The molecule has 2 aromatic heterocycles. The van der Waals surface area contributed by atoms with E-state index in [1.165, 1.54) is 22.0 Å². The lowest BCUT2D eigenvalue weighted by Gasteiger charge is -2.08. The van der Waals surface area contributed by atoms with Gasteiger partial charge in [-0.15, -0.1) is 5.10 Å². The molecule has 7 heteroatoms. The van der Waals surface area contributed by atoms with E-state index in [-0.39, 0.29) is 0 Å². The highest BCUT2D eigenvalue weighted by Crippen LogP contribution is 2.31. The second kappa shape index (κ2) is 6.37. The van der Waals surface area contributed by atoms with E-state index < -0.39 is 0 Å². The maximum Gasteiger partial charge on any atom is 0.161 e. The Bertz CT molecular complexity index is 806. The van der Waals surface area contributed by atoms with Gasteiger partial charge in [0, 0.05) is 16.0 Å². The van der Waals surface area contributed by atoms with E-state index in [2.05, 4.69) is 21.6 Å². The van der Waals surface area contributed by atoms with Gasteiger partial charge in [0.25, 0.3) is 0 Å². The molecule has 120 valence electrons. The molecule has 2 heterocycles. The van der Waals surface area contributed by atoms with Crippen molar-refractivity contribution in [3.8, 4) is 22.8 Å². The molecule has 0 saturated heterocycles. The molecule has 0 atom stereocenters. The molecule has 3 aromatic rings. The van der Waals surface area contributed by atoms with Crippen LogP contribution in [-0.4, -0.2) is 33.6 Å². The van der Waals surface area contributed by atoms with Gasteiger partial charge in [-0.1, -0.05) is 5.21 Å². The van der Waals surface area contributed by atoms with Crippen molar-refractivity contribution in [3.63, 3.8) is 0 Å². The minimum Gasteiger partial charge on any atom is -0.493 e. The first-order valence-corrected chi connectivity index (χ1v) is 7.94. The van der Waals surface area contributed by atoms with E-state index in [0.717, 1.165) is 17.0 Å². The largest absolute Gasteiger partial charge is 0.493 e. The molecule has 0 fully saturated rings. The summed E-state index contributed by atoms with van der Waals surface area (Å²) >= 11 is 1.52. The SMILES string of the molecule is COc1ccc(-c2cn(Cc3c(C)nsc3C)nn2)cc1OC. The average molecular weight is 330 g/mol. The highest BCUT2D eigenvalue weighted by Gasteiger charge is 2.12. The number of nitrogens with zero attached hydrogens (tertiary/aromatic N) is 4. The maximum atomic E-state index is 5.33. The Balaban J connectivity index is 1.87. The lowest BCUT2D eigenvalue weighted by molar-refractivity contribution is 0.355. The Labute approximate surface area is 138 Å². The molecule has 1 aromatic carbocycles. The summed E-state index contributed by atoms with van der Waals surface area (Å²) in [6, 6.07) is 5.71. The Morgan fingerprint density at radius 3 is 2.57 bits per heavy atom. The quantitative estimate of drug-likeness (QED) is 0.719. The summed E-state index contributed by atoms with van der Waals surface area (Å²) in [7, 11) is 3.24. The third-order valence-corrected chi connectivity index (χ3v) is 4.60. The highest BCUT2D eigenvalue weighted by atomic mass is 32.1. The van der Waals surface area contributed by atoms with Crippen LogP contribution in [0.5, 0.6) is 11.5 Å². The van der Waals surface area contributed by atoms with Crippen LogP contribution in [-0.2, 0) is 6.54 Å². The molecule has 23 heavy (non-hydrogen) atoms. The number of aryl methyl sites for hydroxylation is 2. The van der Waals surface area contributed by atoms with Gasteiger partial charge in [-0.3, -0.25) is 0 Å². The Morgan fingerprint density at radius 2 is 1.91 bits per heavy atom. The Kier molecular flexibility index (Phi) is 4.29. The normalized spacial score (nSPS) is 10.8. The number of ether oxygens (including phenoxy) is 2. The summed E-state index contributed by atoms with van der Waals surface area (Å²) in [5, 5.41) is 8.48. The van der Waals surface area contributed by atoms with Gasteiger partial charge in [0.15, 0.2) is 11.5 Å². The zero-order valence-corrected chi connectivity index (χ0v) is 14.3. The first kappa shape index (κ1) is 15.5. The van der Waals surface area contributed by atoms with Crippen LogP contribution in [0.2, 0.25) is 0 Å². The second-order valence-electron chi connectivity index (χ2n) is 5.17. The molecule has 0 unspecified atom stereocenters. The molecular weight excluding hydrogens is 312 g/mol. The van der Waals surface area contributed by atoms with Crippen LogP contribution in [0.15, 0.2) is 24.4 Å². The molecule has 0 bridgehead atoms. The predicted molar refractivity (Wildman–Crippen MR) is 89.3 cm³/mol. The van der Waals surface area contributed by atoms with Crippen molar-refractivity contribution < 1.29 is 9.47 Å². The van der Waals surface area contributed by atoms with E-state index in [1.54, 1.807) is 14.2 Å². The standard InChI is InChI=1S/C16H18N4O2S/c1-10-13(11(2)23-18-10)8-20-9-14(17-19-20)12-5-6-15(21-3)16(7-12)22-4/h5-7,9H,8H2,1-4H3. The van der Waals surface area contributed by atoms with Crippen molar-refractivity contribution in [2.75, 3.05) is 14.2 Å². The van der Waals surface area contributed by atoms with Crippen LogP contribution < -0.4 is 9.47 Å². The number of methoxy groups -OCH3 is 2. The van der Waals surface area contributed by atoms with Gasteiger partial charge in [0.05, 0.1) is 32.7 Å². The molecule has 0 spiro atoms. The van der Waals surface area contributed by atoms with Crippen LogP contribution in [0.1, 0.15) is 16.1 Å². The Morgan fingerprint density at radius 1 is 1.13 bits per heavy atom. The Hall–Kier alpha value is -2.41. The first-order chi connectivity index (χ1) is 11.1. The van der Waals surface area contributed by atoms with Crippen LogP contribution in [0.4, 0.5) is 0 Å². The molecule has 0 aliphatic carbocycles. The van der Waals surface area contributed by atoms with Crippen LogP contribution in [0.25, 0.3) is 11.3 Å². The van der Waals surface area contributed by atoms with Crippen LogP contribution >= 0.6 is 11.5 Å². The minimum absolute atomic E-state index is 0.674. The van der Waals surface area contributed by atoms with Gasteiger partial charge in [0.1, 0.15) is 5.69 Å². The molecule has 0 aliphatic heterocycles. The van der Waals surface area contributed by atoms with Gasteiger partial charge >= 0.3 is 0 Å². The predicted octanol–water partition coefficient (Wildman–Crippen LogP) is 3.08. The minimum atomic E-state index is 0.674. The van der Waals surface area contributed by atoms with Gasteiger partial charge in [0.2, 0.25) is 0 Å². The first-order valence-electron chi connectivity index (χ1n) is 7.16.